The number of anilines is 2. The van der Waals surface area contributed by atoms with Crippen molar-refractivity contribution in [2.24, 2.45) is 11.8 Å². The van der Waals surface area contributed by atoms with E-state index in [1.807, 2.05) is 26.0 Å². The monoisotopic (exact) mass is 462 g/mol. The summed E-state index contributed by atoms with van der Waals surface area (Å²) in [5.74, 6) is 0.312. The van der Waals surface area contributed by atoms with Crippen LogP contribution in [0.5, 0.6) is 5.75 Å². The van der Waals surface area contributed by atoms with Gasteiger partial charge in [0.2, 0.25) is 0 Å². The molecule has 2 aromatic rings. The van der Waals surface area contributed by atoms with E-state index in [-0.39, 0.29) is 18.5 Å². The predicted octanol–water partition coefficient (Wildman–Crippen LogP) is 5.28. The maximum atomic E-state index is 12.4. The van der Waals surface area contributed by atoms with Crippen LogP contribution in [0.2, 0.25) is 0 Å². The normalized spacial score (nSPS) is 18.4. The SMILES string of the molecule is C=CC1CCC(C(=O)Oc2ccc(/C=C/C(=O)OCC(C)(C)c3ccc(N)cc3N)cc2)CC1. The summed E-state index contributed by atoms with van der Waals surface area (Å²) < 4.78 is 11.0. The fraction of sp³-hybridized carbons (Fsp3) is 0.357. The maximum absolute atomic E-state index is 12.4. The summed E-state index contributed by atoms with van der Waals surface area (Å²) >= 11 is 0. The third-order valence-electron chi connectivity index (χ3n) is 6.33. The molecule has 1 saturated carbocycles. The van der Waals surface area contributed by atoms with Gasteiger partial charge in [0, 0.05) is 22.9 Å². The first-order valence-corrected chi connectivity index (χ1v) is 11.6. The average molecular weight is 463 g/mol. The van der Waals surface area contributed by atoms with Crippen LogP contribution >= 0.6 is 0 Å². The Balaban J connectivity index is 1.49. The Hall–Kier alpha value is -3.54. The standard InChI is InChI=1S/C28H34N2O4/c1-4-19-5-10-21(11-6-19)27(32)34-23-13-7-20(8-14-23)9-16-26(31)33-18-28(2,3)24-15-12-22(29)17-25(24)30/h4,7-9,12-17,19,21H,1,5-6,10-11,18,29-30H2,2-3H3/b16-9+. The topological polar surface area (TPSA) is 105 Å². The van der Waals surface area contributed by atoms with Crippen LogP contribution in [0.1, 0.15) is 50.7 Å². The first-order valence-electron chi connectivity index (χ1n) is 11.6. The Morgan fingerprint density at radius 3 is 2.35 bits per heavy atom. The van der Waals surface area contributed by atoms with E-state index in [4.69, 9.17) is 20.9 Å². The molecule has 0 saturated heterocycles. The Morgan fingerprint density at radius 1 is 1.06 bits per heavy atom. The van der Waals surface area contributed by atoms with E-state index in [2.05, 4.69) is 6.58 Å². The lowest BCUT2D eigenvalue weighted by molar-refractivity contribution is -0.140. The van der Waals surface area contributed by atoms with Gasteiger partial charge in [0.25, 0.3) is 0 Å². The molecule has 0 unspecified atom stereocenters. The van der Waals surface area contributed by atoms with Crippen molar-refractivity contribution in [3.05, 3.63) is 72.3 Å². The highest BCUT2D eigenvalue weighted by Crippen LogP contribution is 2.31. The second kappa shape index (κ2) is 11.1. The number of allylic oxidation sites excluding steroid dienone is 1. The molecule has 180 valence electrons. The number of rotatable bonds is 8. The van der Waals surface area contributed by atoms with Gasteiger partial charge in [-0.15, -0.1) is 6.58 Å². The number of nitrogen functional groups attached to an aromatic ring is 2. The molecular formula is C28H34N2O4. The number of ether oxygens (including phenoxy) is 2. The smallest absolute Gasteiger partial charge is 0.330 e. The zero-order valence-corrected chi connectivity index (χ0v) is 20.0. The molecule has 0 aromatic heterocycles. The summed E-state index contributed by atoms with van der Waals surface area (Å²) in [5, 5.41) is 0. The Morgan fingerprint density at radius 2 is 1.74 bits per heavy atom. The summed E-state index contributed by atoms with van der Waals surface area (Å²) in [6, 6.07) is 12.4. The number of carbonyl (C=O) groups is 2. The summed E-state index contributed by atoms with van der Waals surface area (Å²) in [6.07, 6.45) is 8.64. The molecule has 3 rings (SSSR count). The molecule has 2 aromatic carbocycles. The fourth-order valence-electron chi connectivity index (χ4n) is 4.18. The van der Waals surface area contributed by atoms with E-state index in [9.17, 15) is 9.59 Å². The maximum Gasteiger partial charge on any atom is 0.330 e. The summed E-state index contributed by atoms with van der Waals surface area (Å²) in [5.41, 5.74) is 14.2. The van der Waals surface area contributed by atoms with Gasteiger partial charge < -0.3 is 20.9 Å². The molecule has 0 atom stereocenters. The summed E-state index contributed by atoms with van der Waals surface area (Å²) in [4.78, 5) is 24.6. The van der Waals surface area contributed by atoms with Crippen LogP contribution in [0.3, 0.4) is 0 Å². The summed E-state index contributed by atoms with van der Waals surface area (Å²) in [6.45, 7) is 7.92. The van der Waals surface area contributed by atoms with Gasteiger partial charge in [0.05, 0.1) is 5.92 Å². The van der Waals surface area contributed by atoms with Crippen molar-refractivity contribution in [2.45, 2.75) is 44.9 Å². The van der Waals surface area contributed by atoms with E-state index in [0.29, 0.717) is 23.0 Å². The molecule has 0 amide bonds. The van der Waals surface area contributed by atoms with Crippen molar-refractivity contribution in [2.75, 3.05) is 18.1 Å². The number of carbonyl (C=O) groups excluding carboxylic acids is 2. The van der Waals surface area contributed by atoms with Crippen molar-refractivity contribution in [3.8, 4) is 5.75 Å². The van der Waals surface area contributed by atoms with Gasteiger partial charge in [0.15, 0.2) is 0 Å². The van der Waals surface area contributed by atoms with Gasteiger partial charge in [-0.25, -0.2) is 4.79 Å². The molecule has 4 N–H and O–H groups in total. The molecule has 1 fully saturated rings. The third-order valence-corrected chi connectivity index (χ3v) is 6.33. The van der Waals surface area contributed by atoms with Gasteiger partial charge in [0.1, 0.15) is 12.4 Å². The lowest BCUT2D eigenvalue weighted by Crippen LogP contribution is -2.27. The minimum Gasteiger partial charge on any atom is -0.462 e. The van der Waals surface area contributed by atoms with E-state index in [1.165, 1.54) is 6.08 Å². The second-order valence-corrected chi connectivity index (χ2v) is 9.51. The van der Waals surface area contributed by atoms with Crippen molar-refractivity contribution >= 4 is 29.4 Å². The molecule has 6 heteroatoms. The zero-order valence-electron chi connectivity index (χ0n) is 20.0. The van der Waals surface area contributed by atoms with Crippen molar-refractivity contribution in [1.29, 1.82) is 0 Å². The minimum atomic E-state index is -0.461. The molecule has 1 aliphatic rings. The minimum absolute atomic E-state index is 0.0570. The largest absolute Gasteiger partial charge is 0.462 e. The molecule has 0 spiro atoms. The van der Waals surface area contributed by atoms with Gasteiger partial charge in [-0.05, 0) is 73.1 Å². The molecule has 0 heterocycles. The molecule has 0 bridgehead atoms. The highest BCUT2D eigenvalue weighted by atomic mass is 16.5. The van der Waals surface area contributed by atoms with Gasteiger partial charge >= 0.3 is 11.9 Å². The average Bonchev–Trinajstić information content (AvgIpc) is 2.82. The molecule has 34 heavy (non-hydrogen) atoms. The molecule has 6 nitrogen and oxygen atoms in total. The van der Waals surface area contributed by atoms with E-state index >= 15 is 0 Å². The highest BCUT2D eigenvalue weighted by Gasteiger charge is 2.27. The molecule has 0 aliphatic heterocycles. The number of esters is 2. The molecule has 1 aliphatic carbocycles. The van der Waals surface area contributed by atoms with Crippen molar-refractivity contribution in [3.63, 3.8) is 0 Å². The van der Waals surface area contributed by atoms with Crippen LogP contribution in [0, 0.1) is 11.8 Å². The molecule has 0 radical (unpaired) electrons. The number of benzene rings is 2. The second-order valence-electron chi connectivity index (χ2n) is 9.51. The Bertz CT molecular complexity index is 1050. The van der Waals surface area contributed by atoms with Gasteiger partial charge in [-0.2, -0.15) is 0 Å². The van der Waals surface area contributed by atoms with Crippen molar-refractivity contribution < 1.29 is 19.1 Å². The van der Waals surface area contributed by atoms with Crippen LogP contribution in [-0.2, 0) is 19.7 Å². The zero-order chi connectivity index (χ0) is 24.7. The molecular weight excluding hydrogens is 428 g/mol. The lowest BCUT2D eigenvalue weighted by Gasteiger charge is -2.26. The predicted molar refractivity (Wildman–Crippen MR) is 136 cm³/mol. The van der Waals surface area contributed by atoms with Crippen LogP contribution in [0.15, 0.2) is 61.2 Å². The lowest BCUT2D eigenvalue weighted by atomic mass is 9.82. The highest BCUT2D eigenvalue weighted by molar-refractivity contribution is 5.87. The first-order chi connectivity index (χ1) is 16.2. The number of hydrogen-bond donors (Lipinski definition) is 2. The number of nitrogens with two attached hydrogens (primary N) is 2. The Labute approximate surface area is 201 Å². The van der Waals surface area contributed by atoms with Crippen LogP contribution in [-0.4, -0.2) is 18.5 Å². The van der Waals surface area contributed by atoms with Crippen LogP contribution < -0.4 is 16.2 Å². The van der Waals surface area contributed by atoms with Gasteiger partial charge in [-0.3, -0.25) is 4.79 Å². The van der Waals surface area contributed by atoms with E-state index in [1.54, 1.807) is 42.5 Å². The van der Waals surface area contributed by atoms with Crippen LogP contribution in [0.25, 0.3) is 6.08 Å². The van der Waals surface area contributed by atoms with E-state index < -0.39 is 11.4 Å². The summed E-state index contributed by atoms with van der Waals surface area (Å²) in [7, 11) is 0. The third kappa shape index (κ3) is 6.73. The number of hydrogen-bond acceptors (Lipinski definition) is 6. The van der Waals surface area contributed by atoms with Gasteiger partial charge in [-0.1, -0.05) is 38.1 Å². The fourth-order valence-corrected chi connectivity index (χ4v) is 4.18. The first kappa shape index (κ1) is 25.1. The van der Waals surface area contributed by atoms with Crippen LogP contribution in [0.4, 0.5) is 11.4 Å². The quantitative estimate of drug-likeness (QED) is 0.182. The van der Waals surface area contributed by atoms with Crippen molar-refractivity contribution in [1.82, 2.24) is 0 Å². The van der Waals surface area contributed by atoms with E-state index in [0.717, 1.165) is 36.8 Å². The Kier molecular flexibility index (Phi) is 8.16.